The molecule has 0 N–H and O–H groups in total. The summed E-state index contributed by atoms with van der Waals surface area (Å²) < 4.78 is 14.9. The molecule has 5 heteroatoms. The number of hydrogen-bond acceptors (Lipinski definition) is 5. The van der Waals surface area contributed by atoms with Crippen LogP contribution in [0.2, 0.25) is 0 Å². The van der Waals surface area contributed by atoms with Gasteiger partial charge in [0.25, 0.3) is 0 Å². The molecule has 0 fully saturated rings. The first-order valence-corrected chi connectivity index (χ1v) is 5.57. The van der Waals surface area contributed by atoms with Gasteiger partial charge >= 0.3 is 12.1 Å². The van der Waals surface area contributed by atoms with Crippen molar-refractivity contribution in [3.8, 4) is 0 Å². The van der Waals surface area contributed by atoms with Gasteiger partial charge in [-0.15, -0.1) is 0 Å². The van der Waals surface area contributed by atoms with Crippen molar-refractivity contribution in [2.75, 3.05) is 0 Å². The van der Waals surface area contributed by atoms with Crippen LogP contribution in [0.5, 0.6) is 0 Å². The fourth-order valence-electron chi connectivity index (χ4n) is 0.877. The number of carbonyl (C=O) groups excluding carboxylic acids is 2. The molecular formula is C12H22O5. The zero-order valence-electron chi connectivity index (χ0n) is 11.6. The van der Waals surface area contributed by atoms with E-state index in [1.165, 1.54) is 13.8 Å². The van der Waals surface area contributed by atoms with Crippen molar-refractivity contribution < 1.29 is 23.8 Å². The average Bonchev–Trinajstić information content (AvgIpc) is 1.96. The maximum absolute atomic E-state index is 11.6. The molecule has 0 aliphatic heterocycles. The molecule has 0 aliphatic rings. The number of rotatable bonds is 3. The Kier molecular flexibility index (Phi) is 4.98. The van der Waals surface area contributed by atoms with Crippen molar-refractivity contribution >= 4 is 12.1 Å². The SMILES string of the molecule is CC(C)OC(=O)C(C)(C)OC(=O)OC(C)(C)C. The Morgan fingerprint density at radius 2 is 1.41 bits per heavy atom. The van der Waals surface area contributed by atoms with E-state index in [4.69, 9.17) is 14.2 Å². The van der Waals surface area contributed by atoms with Gasteiger partial charge in [-0.2, -0.15) is 0 Å². The maximum Gasteiger partial charge on any atom is 0.509 e. The van der Waals surface area contributed by atoms with Crippen LogP contribution >= 0.6 is 0 Å². The topological polar surface area (TPSA) is 61.8 Å². The summed E-state index contributed by atoms with van der Waals surface area (Å²) >= 11 is 0. The van der Waals surface area contributed by atoms with Crippen molar-refractivity contribution in [2.45, 2.75) is 65.8 Å². The molecule has 0 saturated carbocycles. The van der Waals surface area contributed by atoms with E-state index < -0.39 is 23.3 Å². The molecule has 100 valence electrons. The first-order chi connectivity index (χ1) is 7.44. The highest BCUT2D eigenvalue weighted by molar-refractivity contribution is 5.81. The summed E-state index contributed by atoms with van der Waals surface area (Å²) in [5, 5.41) is 0. The zero-order chi connectivity index (χ0) is 13.9. The number of esters is 1. The minimum absolute atomic E-state index is 0.260. The van der Waals surface area contributed by atoms with E-state index in [1.807, 2.05) is 0 Å². The minimum Gasteiger partial charge on any atom is -0.460 e. The first-order valence-electron chi connectivity index (χ1n) is 5.57. The van der Waals surface area contributed by atoms with Crippen LogP contribution in [-0.4, -0.2) is 29.4 Å². The summed E-state index contributed by atoms with van der Waals surface area (Å²) in [6, 6.07) is 0. The molecule has 0 atom stereocenters. The van der Waals surface area contributed by atoms with Crippen LogP contribution in [0.25, 0.3) is 0 Å². The van der Waals surface area contributed by atoms with Gasteiger partial charge < -0.3 is 14.2 Å². The predicted molar refractivity (Wildman–Crippen MR) is 62.6 cm³/mol. The van der Waals surface area contributed by atoms with Crippen molar-refractivity contribution in [2.24, 2.45) is 0 Å². The molecule has 17 heavy (non-hydrogen) atoms. The lowest BCUT2D eigenvalue weighted by Gasteiger charge is -2.26. The highest BCUT2D eigenvalue weighted by Gasteiger charge is 2.36. The lowest BCUT2D eigenvalue weighted by atomic mass is 10.1. The number of hydrogen-bond donors (Lipinski definition) is 0. The van der Waals surface area contributed by atoms with Gasteiger partial charge in [-0.25, -0.2) is 9.59 Å². The van der Waals surface area contributed by atoms with Crippen LogP contribution in [-0.2, 0) is 19.0 Å². The Bertz CT molecular complexity index is 286. The molecular weight excluding hydrogens is 224 g/mol. The van der Waals surface area contributed by atoms with Gasteiger partial charge in [0.05, 0.1) is 6.10 Å². The van der Waals surface area contributed by atoms with E-state index >= 15 is 0 Å². The standard InChI is InChI=1S/C12H22O5/c1-8(2)15-9(13)12(6,7)17-10(14)16-11(3,4)5/h8H,1-7H3. The molecule has 0 aromatic rings. The molecule has 0 unspecified atom stereocenters. The van der Waals surface area contributed by atoms with Gasteiger partial charge in [-0.05, 0) is 48.5 Å². The van der Waals surface area contributed by atoms with Gasteiger partial charge in [0.1, 0.15) is 5.60 Å². The smallest absolute Gasteiger partial charge is 0.460 e. The number of ether oxygens (including phenoxy) is 3. The second kappa shape index (κ2) is 5.38. The normalized spacial score (nSPS) is 12.2. The third-order valence-corrected chi connectivity index (χ3v) is 1.56. The fraction of sp³-hybridized carbons (Fsp3) is 0.833. The zero-order valence-corrected chi connectivity index (χ0v) is 11.6. The Balaban J connectivity index is 4.44. The molecule has 0 spiro atoms. The summed E-state index contributed by atoms with van der Waals surface area (Å²) in [4.78, 5) is 23.0. The van der Waals surface area contributed by atoms with Gasteiger partial charge in [0.15, 0.2) is 0 Å². The van der Waals surface area contributed by atoms with E-state index in [-0.39, 0.29) is 6.10 Å². The lowest BCUT2D eigenvalue weighted by molar-refractivity contribution is -0.169. The number of carbonyl (C=O) groups is 2. The molecule has 0 aromatic heterocycles. The van der Waals surface area contributed by atoms with Gasteiger partial charge in [-0.3, -0.25) is 0 Å². The maximum atomic E-state index is 11.6. The minimum atomic E-state index is -1.35. The summed E-state index contributed by atoms with van der Waals surface area (Å²) in [7, 11) is 0. The Morgan fingerprint density at radius 3 is 1.76 bits per heavy atom. The predicted octanol–water partition coefficient (Wildman–Crippen LogP) is 2.67. The van der Waals surface area contributed by atoms with Gasteiger partial charge in [-0.1, -0.05) is 0 Å². The van der Waals surface area contributed by atoms with Crippen LogP contribution < -0.4 is 0 Å². The summed E-state index contributed by atoms with van der Waals surface area (Å²) in [5.74, 6) is -0.599. The molecule has 0 radical (unpaired) electrons. The fourth-order valence-corrected chi connectivity index (χ4v) is 0.877. The van der Waals surface area contributed by atoms with E-state index in [9.17, 15) is 9.59 Å². The molecule has 0 rings (SSSR count). The monoisotopic (exact) mass is 246 g/mol. The van der Waals surface area contributed by atoms with E-state index in [2.05, 4.69) is 0 Å². The quantitative estimate of drug-likeness (QED) is 0.716. The van der Waals surface area contributed by atoms with Crippen LogP contribution in [0.1, 0.15) is 48.5 Å². The molecule has 0 heterocycles. The third-order valence-electron chi connectivity index (χ3n) is 1.56. The molecule has 0 bridgehead atoms. The van der Waals surface area contributed by atoms with Crippen molar-refractivity contribution in [1.82, 2.24) is 0 Å². The molecule has 0 aliphatic carbocycles. The van der Waals surface area contributed by atoms with Crippen LogP contribution in [0.3, 0.4) is 0 Å². The van der Waals surface area contributed by atoms with Crippen molar-refractivity contribution in [1.29, 1.82) is 0 Å². The average molecular weight is 246 g/mol. The Morgan fingerprint density at radius 1 is 0.941 bits per heavy atom. The summed E-state index contributed by atoms with van der Waals surface area (Å²) in [5.41, 5.74) is -2.01. The van der Waals surface area contributed by atoms with Crippen LogP contribution in [0.15, 0.2) is 0 Å². The molecule has 0 amide bonds. The molecule has 5 nitrogen and oxygen atoms in total. The van der Waals surface area contributed by atoms with Crippen molar-refractivity contribution in [3.05, 3.63) is 0 Å². The highest BCUT2D eigenvalue weighted by atomic mass is 16.7. The second-order valence-electron chi connectivity index (χ2n) is 5.53. The Labute approximate surface area is 102 Å². The first kappa shape index (κ1) is 15.7. The van der Waals surface area contributed by atoms with Crippen molar-refractivity contribution in [3.63, 3.8) is 0 Å². The van der Waals surface area contributed by atoms with Crippen LogP contribution in [0.4, 0.5) is 4.79 Å². The summed E-state index contributed by atoms with van der Waals surface area (Å²) in [6.07, 6.45) is -1.15. The summed E-state index contributed by atoms with van der Waals surface area (Å²) in [6.45, 7) is 11.5. The molecule has 0 saturated heterocycles. The second-order valence-corrected chi connectivity index (χ2v) is 5.53. The van der Waals surface area contributed by atoms with E-state index in [0.29, 0.717) is 0 Å². The van der Waals surface area contributed by atoms with Gasteiger partial charge in [0.2, 0.25) is 5.60 Å². The lowest BCUT2D eigenvalue weighted by Crippen LogP contribution is -2.41. The third kappa shape index (κ3) is 6.81. The Hall–Kier alpha value is -1.26. The molecule has 0 aromatic carbocycles. The van der Waals surface area contributed by atoms with Crippen LogP contribution in [0, 0.1) is 0 Å². The van der Waals surface area contributed by atoms with E-state index in [0.717, 1.165) is 0 Å². The van der Waals surface area contributed by atoms with E-state index in [1.54, 1.807) is 34.6 Å². The largest absolute Gasteiger partial charge is 0.509 e. The highest BCUT2D eigenvalue weighted by Crippen LogP contribution is 2.17. The van der Waals surface area contributed by atoms with Gasteiger partial charge in [0, 0.05) is 0 Å².